The molecule has 1 spiro atoms. The van der Waals surface area contributed by atoms with Crippen LogP contribution in [0, 0.1) is 0 Å². The molecule has 0 N–H and O–H groups in total. The summed E-state index contributed by atoms with van der Waals surface area (Å²) in [5.74, 6) is 3.06. The third kappa shape index (κ3) is 6.77. The Balaban J connectivity index is 0.946. The summed E-state index contributed by atoms with van der Waals surface area (Å²) in [6.07, 6.45) is 0. The Labute approximate surface area is 439 Å². The number of para-hydroxylation sites is 3. The van der Waals surface area contributed by atoms with Gasteiger partial charge in [-0.05, 0) is 136 Å². The van der Waals surface area contributed by atoms with E-state index in [0.29, 0.717) is 17.8 Å². The van der Waals surface area contributed by atoms with Gasteiger partial charge in [-0.2, -0.15) is 0 Å². The van der Waals surface area contributed by atoms with Crippen LogP contribution in [0.3, 0.4) is 0 Å². The Kier molecular flexibility index (Phi) is 11.1. The van der Waals surface area contributed by atoms with Crippen molar-refractivity contribution < 1.29 is 4.74 Å². The van der Waals surface area contributed by atoms with E-state index in [4.69, 9.17) is 4.74 Å². The largest absolute Gasteiger partial charge is 0.458 e. The molecular weight excluding hydrogens is 910 g/mol. The van der Waals surface area contributed by atoms with Gasteiger partial charge < -0.3 is 9.64 Å². The molecule has 0 unspecified atom stereocenters. The topological polar surface area (TPSA) is 12.5 Å². The summed E-state index contributed by atoms with van der Waals surface area (Å²) in [5, 5.41) is 5.67. The van der Waals surface area contributed by atoms with Crippen molar-refractivity contribution in [3.05, 3.63) is 276 Å². The van der Waals surface area contributed by atoms with Gasteiger partial charge in [0.25, 0.3) is 6.71 Å². The zero-order chi connectivity index (χ0) is 50.3. The fraction of sp³-hybridized carbons (Fsp3) is 0.143. The van der Waals surface area contributed by atoms with Gasteiger partial charge in [-0.3, -0.25) is 0 Å². The van der Waals surface area contributed by atoms with E-state index in [1.54, 1.807) is 0 Å². The maximum atomic E-state index is 6.91. The second-order valence-electron chi connectivity index (χ2n) is 21.6. The van der Waals surface area contributed by atoms with Crippen LogP contribution in [0.5, 0.6) is 11.5 Å². The first kappa shape index (κ1) is 45.9. The van der Waals surface area contributed by atoms with Crippen LogP contribution in [0.15, 0.2) is 237 Å². The van der Waals surface area contributed by atoms with Crippen LogP contribution in [0.4, 0.5) is 17.1 Å². The van der Waals surface area contributed by atoms with Gasteiger partial charge in [-0.1, -0.05) is 247 Å². The molecule has 0 amide bonds. The molecule has 0 saturated carbocycles. The van der Waals surface area contributed by atoms with Crippen LogP contribution < -0.4 is 46.8 Å². The van der Waals surface area contributed by atoms with Crippen molar-refractivity contribution in [1.82, 2.24) is 0 Å². The maximum absolute atomic E-state index is 6.91. The summed E-state index contributed by atoms with van der Waals surface area (Å²) in [4.78, 5) is 2.50. The Hall–Kier alpha value is -7.92. The van der Waals surface area contributed by atoms with Crippen molar-refractivity contribution >= 4 is 69.0 Å². The minimum Gasteiger partial charge on any atom is -0.458 e. The van der Waals surface area contributed by atoms with Crippen molar-refractivity contribution in [2.24, 2.45) is 0 Å². The molecule has 3 aliphatic heterocycles. The SMILES string of the molecule is CC(C)c1cc(C(C)C)c(B2c3ccccc3Oc3cc(-c4ccc(N5c6ccccc6C6(c7ccccc75)c5ccccc5[Si](c5ccccc5)(c5ccccc5)c5ccccc56)cc4)ccc32)c(C(C)C)c1. The molecule has 0 radical (unpaired) electrons. The van der Waals surface area contributed by atoms with E-state index in [1.165, 1.54) is 87.5 Å². The highest BCUT2D eigenvalue weighted by Gasteiger charge is 2.57. The van der Waals surface area contributed by atoms with Crippen LogP contribution in [-0.4, -0.2) is 14.8 Å². The second kappa shape index (κ2) is 17.9. The average Bonchev–Trinajstić information content (AvgIpc) is 3.46. The van der Waals surface area contributed by atoms with Gasteiger partial charge >= 0.3 is 0 Å². The van der Waals surface area contributed by atoms with E-state index in [1.807, 2.05) is 0 Å². The van der Waals surface area contributed by atoms with Gasteiger partial charge in [0.1, 0.15) is 11.5 Å². The van der Waals surface area contributed by atoms with E-state index < -0.39 is 13.5 Å². The lowest BCUT2D eigenvalue weighted by Gasteiger charge is -2.53. The molecule has 10 aromatic carbocycles. The molecule has 0 aliphatic carbocycles. The molecule has 0 atom stereocenters. The predicted octanol–water partition coefficient (Wildman–Crippen LogP) is 13.2. The van der Waals surface area contributed by atoms with Crippen LogP contribution in [-0.2, 0) is 5.41 Å². The van der Waals surface area contributed by atoms with Crippen molar-refractivity contribution in [3.63, 3.8) is 0 Å². The Morgan fingerprint density at radius 2 is 0.865 bits per heavy atom. The number of nitrogens with zero attached hydrogens (tertiary/aromatic N) is 1. The summed E-state index contributed by atoms with van der Waals surface area (Å²) in [5.41, 5.74) is 18.7. The Morgan fingerprint density at radius 3 is 1.41 bits per heavy atom. The molecular formula is C70H60BNOSi. The first-order valence-electron chi connectivity index (χ1n) is 26.7. The van der Waals surface area contributed by atoms with Crippen LogP contribution >= 0.6 is 0 Å². The number of hydrogen-bond acceptors (Lipinski definition) is 2. The van der Waals surface area contributed by atoms with Gasteiger partial charge in [0.2, 0.25) is 0 Å². The zero-order valence-corrected chi connectivity index (χ0v) is 44.2. The van der Waals surface area contributed by atoms with E-state index in [0.717, 1.165) is 28.3 Å². The van der Waals surface area contributed by atoms with Crippen molar-refractivity contribution in [2.75, 3.05) is 4.90 Å². The van der Waals surface area contributed by atoms with E-state index in [9.17, 15) is 0 Å². The first-order chi connectivity index (χ1) is 36.2. The average molecular weight is 970 g/mol. The molecule has 10 aromatic rings. The van der Waals surface area contributed by atoms with Crippen LogP contribution in [0.1, 0.15) is 98.2 Å². The minimum atomic E-state index is -2.84. The molecule has 0 aromatic heterocycles. The van der Waals surface area contributed by atoms with Gasteiger partial charge in [-0.15, -0.1) is 0 Å². The van der Waals surface area contributed by atoms with Gasteiger partial charge in [0, 0.05) is 5.69 Å². The van der Waals surface area contributed by atoms with E-state index in [2.05, 4.69) is 283 Å². The van der Waals surface area contributed by atoms with E-state index in [-0.39, 0.29) is 6.71 Å². The number of benzene rings is 10. The van der Waals surface area contributed by atoms with Gasteiger partial charge in [0.15, 0.2) is 8.07 Å². The summed E-state index contributed by atoms with van der Waals surface area (Å²) in [6, 6.07) is 89.7. The third-order valence-electron chi connectivity index (χ3n) is 16.7. The molecule has 2 nitrogen and oxygen atoms in total. The summed E-state index contributed by atoms with van der Waals surface area (Å²) >= 11 is 0. The lowest BCUT2D eigenvalue weighted by molar-refractivity contribution is 0.487. The standard InChI is InChI=1S/C70H60BNOSi/c1-46(2)51-43-55(47(3)4)69(56(44-51)48(5)6)71-61-31-17-20-34-65(61)73-66-45-50(39-42-62(66)71)49-37-40-52(41-38-49)72-63-32-18-13-27-57(63)70(58-28-14-19-33-64(58)72)59-29-15-21-35-67(59)74(53-23-9-7-10-24-53,54-25-11-8-12-26-54)68-36-22-16-30-60(68)70/h7-48H,1-6H3. The number of rotatable bonds is 8. The molecule has 0 saturated heterocycles. The molecule has 4 heteroatoms. The monoisotopic (exact) mass is 969 g/mol. The van der Waals surface area contributed by atoms with Gasteiger partial charge in [-0.25, -0.2) is 0 Å². The lowest BCUT2D eigenvalue weighted by atomic mass is 9.34. The lowest BCUT2D eigenvalue weighted by Crippen LogP contribution is -2.79. The van der Waals surface area contributed by atoms with Crippen molar-refractivity contribution in [1.29, 1.82) is 0 Å². The quantitative estimate of drug-likeness (QED) is 0.141. The van der Waals surface area contributed by atoms with Crippen molar-refractivity contribution in [2.45, 2.75) is 64.7 Å². The molecule has 0 fully saturated rings. The van der Waals surface area contributed by atoms with Crippen LogP contribution in [0.25, 0.3) is 11.1 Å². The highest BCUT2D eigenvalue weighted by molar-refractivity contribution is 7.20. The summed E-state index contributed by atoms with van der Waals surface area (Å²) < 4.78 is 6.91. The molecule has 74 heavy (non-hydrogen) atoms. The fourth-order valence-electron chi connectivity index (χ4n) is 13.4. The minimum absolute atomic E-state index is 0.0588. The smallest absolute Gasteiger partial charge is 0.251 e. The number of ether oxygens (including phenoxy) is 1. The third-order valence-corrected chi connectivity index (χ3v) is 21.6. The van der Waals surface area contributed by atoms with Gasteiger partial charge in [0.05, 0.1) is 16.8 Å². The Morgan fingerprint density at radius 1 is 0.405 bits per heavy atom. The Bertz CT molecular complexity index is 3600. The van der Waals surface area contributed by atoms with Crippen LogP contribution in [0.2, 0.25) is 0 Å². The molecule has 358 valence electrons. The number of hydrogen-bond donors (Lipinski definition) is 0. The number of fused-ring (bicyclic) bond motifs is 10. The fourth-order valence-corrected chi connectivity index (χ4v) is 18.7. The second-order valence-corrected chi connectivity index (χ2v) is 25.4. The number of anilines is 3. The summed E-state index contributed by atoms with van der Waals surface area (Å²) in [7, 11) is -2.84. The normalized spacial score (nSPS) is 14.4. The first-order valence-corrected chi connectivity index (χ1v) is 28.7. The van der Waals surface area contributed by atoms with E-state index >= 15 is 0 Å². The summed E-state index contributed by atoms with van der Waals surface area (Å²) in [6.45, 7) is 14.1. The molecule has 13 rings (SSSR count). The highest BCUT2D eigenvalue weighted by Crippen LogP contribution is 2.58. The predicted molar refractivity (Wildman–Crippen MR) is 315 cm³/mol. The zero-order valence-electron chi connectivity index (χ0n) is 43.2. The molecule has 0 bridgehead atoms. The molecule has 3 heterocycles. The molecule has 3 aliphatic rings. The van der Waals surface area contributed by atoms with Crippen molar-refractivity contribution in [3.8, 4) is 22.6 Å². The highest BCUT2D eigenvalue weighted by atomic mass is 28.3. The maximum Gasteiger partial charge on any atom is 0.251 e.